The lowest BCUT2D eigenvalue weighted by molar-refractivity contribution is 0.197. The largest absolute Gasteiger partial charge is 0.383 e. The molecule has 20 heavy (non-hydrogen) atoms. The van der Waals surface area contributed by atoms with Crippen molar-refractivity contribution in [2.75, 3.05) is 40.4 Å². The van der Waals surface area contributed by atoms with Crippen molar-refractivity contribution in [1.29, 1.82) is 0 Å². The molecule has 3 heteroatoms. The van der Waals surface area contributed by atoms with Gasteiger partial charge in [0.05, 0.1) is 6.61 Å². The van der Waals surface area contributed by atoms with Gasteiger partial charge in [0.1, 0.15) is 0 Å². The molecule has 0 aliphatic heterocycles. The van der Waals surface area contributed by atoms with E-state index in [1.54, 1.807) is 7.11 Å². The highest BCUT2D eigenvalue weighted by Gasteiger charge is 2.01. The molecule has 0 radical (unpaired) electrons. The SMILES string of the molecule is COCCNCCN(C)Cc1ccc2ccccc2c1. The summed E-state index contributed by atoms with van der Waals surface area (Å²) in [5.41, 5.74) is 1.36. The summed E-state index contributed by atoms with van der Waals surface area (Å²) in [6, 6.07) is 15.2. The monoisotopic (exact) mass is 272 g/mol. The van der Waals surface area contributed by atoms with E-state index in [1.165, 1.54) is 16.3 Å². The summed E-state index contributed by atoms with van der Waals surface area (Å²) in [5, 5.41) is 5.99. The summed E-state index contributed by atoms with van der Waals surface area (Å²) in [7, 11) is 3.89. The first-order valence-electron chi connectivity index (χ1n) is 7.15. The average Bonchev–Trinajstić information content (AvgIpc) is 2.47. The summed E-state index contributed by atoms with van der Waals surface area (Å²) >= 11 is 0. The number of nitrogens with zero attached hydrogens (tertiary/aromatic N) is 1. The zero-order valence-electron chi connectivity index (χ0n) is 12.4. The first kappa shape index (κ1) is 15.0. The maximum atomic E-state index is 5.01. The zero-order valence-corrected chi connectivity index (χ0v) is 12.4. The molecule has 0 unspecified atom stereocenters. The topological polar surface area (TPSA) is 24.5 Å². The minimum Gasteiger partial charge on any atom is -0.383 e. The van der Waals surface area contributed by atoms with E-state index in [-0.39, 0.29) is 0 Å². The van der Waals surface area contributed by atoms with Crippen LogP contribution in [0.1, 0.15) is 5.56 Å². The van der Waals surface area contributed by atoms with Gasteiger partial charge in [0.15, 0.2) is 0 Å². The second-order valence-corrected chi connectivity index (χ2v) is 5.16. The van der Waals surface area contributed by atoms with Crippen molar-refractivity contribution in [2.24, 2.45) is 0 Å². The molecule has 2 aromatic carbocycles. The maximum absolute atomic E-state index is 5.01. The van der Waals surface area contributed by atoms with E-state index in [0.717, 1.165) is 32.8 Å². The molecule has 2 rings (SSSR count). The normalized spacial score (nSPS) is 11.3. The lowest BCUT2D eigenvalue weighted by atomic mass is 10.1. The number of methoxy groups -OCH3 is 1. The standard InChI is InChI=1S/C17H24N2O/c1-19(11-9-18-10-12-20-2)14-15-7-8-16-5-3-4-6-17(16)13-15/h3-8,13,18H,9-12,14H2,1-2H3. The molecule has 0 fully saturated rings. The third kappa shape index (κ3) is 4.60. The molecule has 0 amide bonds. The Hall–Kier alpha value is -1.42. The van der Waals surface area contributed by atoms with Crippen LogP contribution in [0.4, 0.5) is 0 Å². The second-order valence-electron chi connectivity index (χ2n) is 5.16. The molecule has 0 atom stereocenters. The third-order valence-corrected chi connectivity index (χ3v) is 3.42. The van der Waals surface area contributed by atoms with Gasteiger partial charge in [-0.1, -0.05) is 36.4 Å². The first-order chi connectivity index (χ1) is 9.79. The maximum Gasteiger partial charge on any atom is 0.0587 e. The van der Waals surface area contributed by atoms with Crippen LogP contribution in [0.5, 0.6) is 0 Å². The van der Waals surface area contributed by atoms with Gasteiger partial charge in [-0.3, -0.25) is 0 Å². The van der Waals surface area contributed by atoms with E-state index >= 15 is 0 Å². The first-order valence-corrected chi connectivity index (χ1v) is 7.15. The fourth-order valence-electron chi connectivity index (χ4n) is 2.30. The van der Waals surface area contributed by atoms with Crippen molar-refractivity contribution in [3.05, 3.63) is 48.0 Å². The molecule has 3 nitrogen and oxygen atoms in total. The summed E-state index contributed by atoms with van der Waals surface area (Å²) < 4.78 is 5.01. The van der Waals surface area contributed by atoms with Crippen molar-refractivity contribution < 1.29 is 4.74 Å². The zero-order chi connectivity index (χ0) is 14.2. The molecule has 2 aromatic rings. The van der Waals surface area contributed by atoms with Crippen LogP contribution in [0.25, 0.3) is 10.8 Å². The van der Waals surface area contributed by atoms with E-state index in [9.17, 15) is 0 Å². The van der Waals surface area contributed by atoms with Gasteiger partial charge < -0.3 is 15.0 Å². The van der Waals surface area contributed by atoms with E-state index in [4.69, 9.17) is 4.74 Å². The lowest BCUT2D eigenvalue weighted by Gasteiger charge is -2.17. The summed E-state index contributed by atoms with van der Waals surface area (Å²) in [5.74, 6) is 0. The number of fused-ring (bicyclic) bond motifs is 1. The van der Waals surface area contributed by atoms with Gasteiger partial charge in [-0.2, -0.15) is 0 Å². The smallest absolute Gasteiger partial charge is 0.0587 e. The van der Waals surface area contributed by atoms with Crippen LogP contribution in [0.15, 0.2) is 42.5 Å². The van der Waals surface area contributed by atoms with Gasteiger partial charge in [-0.15, -0.1) is 0 Å². The minimum absolute atomic E-state index is 0.772. The van der Waals surface area contributed by atoms with Crippen LogP contribution >= 0.6 is 0 Å². The highest BCUT2D eigenvalue weighted by Crippen LogP contribution is 2.16. The van der Waals surface area contributed by atoms with Crippen molar-refractivity contribution in [2.45, 2.75) is 6.54 Å². The van der Waals surface area contributed by atoms with Gasteiger partial charge in [0, 0.05) is 33.3 Å². The van der Waals surface area contributed by atoms with Crippen molar-refractivity contribution >= 4 is 10.8 Å². The fraction of sp³-hybridized carbons (Fsp3) is 0.412. The number of hydrogen-bond acceptors (Lipinski definition) is 3. The van der Waals surface area contributed by atoms with Gasteiger partial charge in [0.2, 0.25) is 0 Å². The van der Waals surface area contributed by atoms with Crippen LogP contribution in [0.2, 0.25) is 0 Å². The Morgan fingerprint density at radius 1 is 1.05 bits per heavy atom. The fourth-order valence-corrected chi connectivity index (χ4v) is 2.30. The number of nitrogens with one attached hydrogen (secondary N) is 1. The number of rotatable bonds is 8. The Labute approximate surface area is 121 Å². The van der Waals surface area contributed by atoms with Crippen molar-refractivity contribution in [3.8, 4) is 0 Å². The molecule has 0 bridgehead atoms. The molecule has 0 aliphatic carbocycles. The highest BCUT2D eigenvalue weighted by atomic mass is 16.5. The van der Waals surface area contributed by atoms with Crippen molar-refractivity contribution in [1.82, 2.24) is 10.2 Å². The number of likely N-dealkylation sites (N-methyl/N-ethyl adjacent to an activating group) is 1. The van der Waals surface area contributed by atoms with Crippen LogP contribution in [-0.4, -0.2) is 45.3 Å². The van der Waals surface area contributed by atoms with Gasteiger partial charge in [-0.05, 0) is 29.4 Å². The number of benzene rings is 2. The van der Waals surface area contributed by atoms with Crippen LogP contribution in [0, 0.1) is 0 Å². The molecule has 0 saturated heterocycles. The minimum atomic E-state index is 0.772. The molecular formula is C17H24N2O. The quantitative estimate of drug-likeness (QED) is 0.747. The average molecular weight is 272 g/mol. The molecule has 0 heterocycles. The van der Waals surface area contributed by atoms with Crippen LogP contribution < -0.4 is 5.32 Å². The van der Waals surface area contributed by atoms with Crippen molar-refractivity contribution in [3.63, 3.8) is 0 Å². The second kappa shape index (κ2) is 8.00. The molecular weight excluding hydrogens is 248 g/mol. The Morgan fingerprint density at radius 3 is 2.65 bits per heavy atom. The summed E-state index contributed by atoms with van der Waals surface area (Å²) in [6.07, 6.45) is 0. The van der Waals surface area contributed by atoms with Crippen LogP contribution in [-0.2, 0) is 11.3 Å². The molecule has 0 saturated carbocycles. The van der Waals surface area contributed by atoms with Crippen LogP contribution in [0.3, 0.4) is 0 Å². The van der Waals surface area contributed by atoms with E-state index in [0.29, 0.717) is 0 Å². The van der Waals surface area contributed by atoms with Gasteiger partial charge in [-0.25, -0.2) is 0 Å². The van der Waals surface area contributed by atoms with Gasteiger partial charge >= 0.3 is 0 Å². The Kier molecular flexibility index (Phi) is 5.99. The number of ether oxygens (including phenoxy) is 1. The summed E-state index contributed by atoms with van der Waals surface area (Å²) in [6.45, 7) is 4.70. The molecule has 1 N–H and O–H groups in total. The predicted octanol–water partition coefficient (Wildman–Crippen LogP) is 2.51. The Balaban J connectivity index is 1.81. The van der Waals surface area contributed by atoms with E-state index < -0.39 is 0 Å². The molecule has 0 aromatic heterocycles. The van der Waals surface area contributed by atoms with Gasteiger partial charge in [0.25, 0.3) is 0 Å². The van der Waals surface area contributed by atoms with E-state index in [1.807, 2.05) is 0 Å². The summed E-state index contributed by atoms with van der Waals surface area (Å²) in [4.78, 5) is 2.34. The molecule has 108 valence electrons. The highest BCUT2D eigenvalue weighted by molar-refractivity contribution is 5.82. The lowest BCUT2D eigenvalue weighted by Crippen LogP contribution is -2.30. The molecule has 0 spiro atoms. The number of hydrogen-bond donors (Lipinski definition) is 1. The Morgan fingerprint density at radius 2 is 1.85 bits per heavy atom. The predicted molar refractivity (Wildman–Crippen MR) is 85.0 cm³/mol. The molecule has 0 aliphatic rings. The van der Waals surface area contributed by atoms with E-state index in [2.05, 4.69) is 59.7 Å². The third-order valence-electron chi connectivity index (χ3n) is 3.42. The Bertz CT molecular complexity index is 527.